The summed E-state index contributed by atoms with van der Waals surface area (Å²) in [6.07, 6.45) is 6.39. The van der Waals surface area contributed by atoms with Crippen LogP contribution >= 0.6 is 35.3 Å². The van der Waals surface area contributed by atoms with Gasteiger partial charge in [-0.3, -0.25) is 9.36 Å². The van der Waals surface area contributed by atoms with Crippen molar-refractivity contribution in [1.29, 1.82) is 0 Å². The number of H-pyrrole nitrogens is 1. The van der Waals surface area contributed by atoms with E-state index in [0.717, 1.165) is 29.5 Å². The van der Waals surface area contributed by atoms with E-state index in [0.29, 0.717) is 16.6 Å². The van der Waals surface area contributed by atoms with Gasteiger partial charge in [-0.25, -0.2) is 0 Å². The highest BCUT2D eigenvalue weighted by molar-refractivity contribution is 7.99. The Labute approximate surface area is 131 Å². The van der Waals surface area contributed by atoms with Crippen LogP contribution in [0.15, 0.2) is 4.79 Å². The van der Waals surface area contributed by atoms with Gasteiger partial charge in [-0.15, -0.1) is 11.3 Å². The molecule has 0 saturated carbocycles. The monoisotopic (exact) mass is 326 g/mol. The van der Waals surface area contributed by atoms with Crippen LogP contribution in [-0.2, 0) is 19.4 Å². The predicted octanol–water partition coefficient (Wildman–Crippen LogP) is 3.75. The van der Waals surface area contributed by atoms with Crippen LogP contribution in [0, 0.1) is 4.77 Å². The first kappa shape index (κ1) is 14.4. The summed E-state index contributed by atoms with van der Waals surface area (Å²) in [6, 6.07) is 0. The zero-order chi connectivity index (χ0) is 14.3. The Kier molecular flexibility index (Phi) is 4.06. The Morgan fingerprint density at radius 1 is 1.50 bits per heavy atom. The SMILES string of the molecule is CSC(C)CCn1c(=S)[nH]c2sc3c(c2c1=O)CCC3. The summed E-state index contributed by atoms with van der Waals surface area (Å²) in [5, 5.41) is 1.44. The van der Waals surface area contributed by atoms with Gasteiger partial charge in [0.25, 0.3) is 5.56 Å². The maximum Gasteiger partial charge on any atom is 0.263 e. The summed E-state index contributed by atoms with van der Waals surface area (Å²) in [5.41, 5.74) is 1.38. The van der Waals surface area contributed by atoms with Gasteiger partial charge < -0.3 is 4.98 Å². The van der Waals surface area contributed by atoms with Gasteiger partial charge in [0.1, 0.15) is 4.83 Å². The van der Waals surface area contributed by atoms with Crippen LogP contribution in [0.1, 0.15) is 30.2 Å². The lowest BCUT2D eigenvalue weighted by atomic mass is 10.2. The summed E-state index contributed by atoms with van der Waals surface area (Å²) < 4.78 is 2.31. The van der Waals surface area contributed by atoms with Crippen molar-refractivity contribution >= 4 is 45.5 Å². The summed E-state index contributed by atoms with van der Waals surface area (Å²) in [5.74, 6) is 0. The van der Waals surface area contributed by atoms with Crippen LogP contribution in [0.4, 0.5) is 0 Å². The highest BCUT2D eigenvalue weighted by Crippen LogP contribution is 2.34. The number of aromatic amines is 1. The van der Waals surface area contributed by atoms with Crippen molar-refractivity contribution in [2.75, 3.05) is 6.26 Å². The Bertz CT molecular complexity index is 756. The Morgan fingerprint density at radius 3 is 3.05 bits per heavy atom. The molecule has 3 nitrogen and oxygen atoms in total. The third-order valence-electron chi connectivity index (χ3n) is 4.01. The van der Waals surface area contributed by atoms with Gasteiger partial charge in [0, 0.05) is 16.7 Å². The van der Waals surface area contributed by atoms with E-state index in [1.165, 1.54) is 16.9 Å². The molecule has 0 fully saturated rings. The molecule has 6 heteroatoms. The van der Waals surface area contributed by atoms with Crippen LogP contribution in [0.2, 0.25) is 0 Å². The van der Waals surface area contributed by atoms with E-state index >= 15 is 0 Å². The van der Waals surface area contributed by atoms with Crippen LogP contribution in [-0.4, -0.2) is 21.1 Å². The van der Waals surface area contributed by atoms with Crippen LogP contribution in [0.3, 0.4) is 0 Å². The zero-order valence-electron chi connectivity index (χ0n) is 11.7. The van der Waals surface area contributed by atoms with Gasteiger partial charge >= 0.3 is 0 Å². The van der Waals surface area contributed by atoms with E-state index in [4.69, 9.17) is 12.2 Å². The molecule has 108 valence electrons. The number of hydrogen-bond acceptors (Lipinski definition) is 4. The molecule has 2 aromatic heterocycles. The molecule has 1 atom stereocenters. The predicted molar refractivity (Wildman–Crippen MR) is 90.9 cm³/mol. The second kappa shape index (κ2) is 5.66. The number of nitrogens with one attached hydrogen (secondary N) is 1. The lowest BCUT2D eigenvalue weighted by Crippen LogP contribution is -2.23. The van der Waals surface area contributed by atoms with Crippen LogP contribution < -0.4 is 5.56 Å². The minimum atomic E-state index is 0.108. The molecule has 0 aliphatic heterocycles. The first-order valence-electron chi connectivity index (χ1n) is 6.92. The molecular formula is C14H18N2OS3. The quantitative estimate of drug-likeness (QED) is 0.870. The molecule has 1 unspecified atom stereocenters. The molecule has 0 saturated heterocycles. The second-order valence-corrected chi connectivity index (χ2v) is 8.05. The zero-order valence-corrected chi connectivity index (χ0v) is 14.1. The van der Waals surface area contributed by atoms with Gasteiger partial charge in [0.15, 0.2) is 4.77 Å². The minimum Gasteiger partial charge on any atom is -0.323 e. The summed E-state index contributed by atoms with van der Waals surface area (Å²) in [4.78, 5) is 18.4. The minimum absolute atomic E-state index is 0.108. The number of rotatable bonds is 4. The fourth-order valence-electron chi connectivity index (χ4n) is 2.74. The van der Waals surface area contributed by atoms with Crippen molar-refractivity contribution in [3.05, 3.63) is 25.6 Å². The summed E-state index contributed by atoms with van der Waals surface area (Å²) in [7, 11) is 0. The largest absolute Gasteiger partial charge is 0.323 e. The van der Waals surface area contributed by atoms with Gasteiger partial charge in [-0.05, 0) is 49.7 Å². The molecule has 3 rings (SSSR count). The van der Waals surface area contributed by atoms with E-state index in [9.17, 15) is 4.79 Å². The normalized spacial score (nSPS) is 15.7. The lowest BCUT2D eigenvalue weighted by Gasteiger charge is -2.10. The van der Waals surface area contributed by atoms with Crippen molar-refractivity contribution in [1.82, 2.24) is 9.55 Å². The number of hydrogen-bond donors (Lipinski definition) is 1. The highest BCUT2D eigenvalue weighted by Gasteiger charge is 2.21. The average molecular weight is 327 g/mol. The summed E-state index contributed by atoms with van der Waals surface area (Å²) in [6.45, 7) is 2.89. The third kappa shape index (κ3) is 2.38. The van der Waals surface area contributed by atoms with Crippen molar-refractivity contribution in [3.8, 4) is 0 Å². The summed E-state index contributed by atoms with van der Waals surface area (Å²) >= 11 is 8.91. The third-order valence-corrected chi connectivity index (χ3v) is 6.58. The Morgan fingerprint density at radius 2 is 2.30 bits per heavy atom. The van der Waals surface area contributed by atoms with E-state index in [-0.39, 0.29) is 5.56 Å². The van der Waals surface area contributed by atoms with Gasteiger partial charge in [-0.2, -0.15) is 11.8 Å². The molecule has 0 spiro atoms. The fourth-order valence-corrected chi connectivity index (χ4v) is 4.70. The first-order valence-corrected chi connectivity index (χ1v) is 9.43. The number of fused-ring (bicyclic) bond motifs is 3. The van der Waals surface area contributed by atoms with Gasteiger partial charge in [0.2, 0.25) is 0 Å². The average Bonchev–Trinajstić information content (AvgIpc) is 2.97. The van der Waals surface area contributed by atoms with Crippen molar-refractivity contribution in [2.45, 2.75) is 44.4 Å². The topological polar surface area (TPSA) is 37.8 Å². The molecular weight excluding hydrogens is 308 g/mol. The Hall–Kier alpha value is -0.590. The van der Waals surface area contributed by atoms with E-state index in [1.807, 2.05) is 11.8 Å². The number of thiophene rings is 1. The fraction of sp³-hybridized carbons (Fsp3) is 0.571. The van der Waals surface area contributed by atoms with Crippen LogP contribution in [0.25, 0.3) is 10.2 Å². The standard InChI is InChI=1S/C14H18N2OS3/c1-8(19-2)6-7-16-13(17)11-9-4-3-5-10(9)20-12(11)15-14(16)18/h8H,3-7H2,1-2H3,(H,15,18). The number of aryl methyl sites for hydroxylation is 2. The molecule has 0 radical (unpaired) electrons. The number of nitrogens with zero attached hydrogens (tertiary/aromatic N) is 1. The molecule has 0 bridgehead atoms. The van der Waals surface area contributed by atoms with E-state index in [1.54, 1.807) is 15.9 Å². The Balaban J connectivity index is 2.09. The molecule has 0 aromatic carbocycles. The maximum absolute atomic E-state index is 12.7. The van der Waals surface area contributed by atoms with Crippen molar-refractivity contribution in [2.24, 2.45) is 0 Å². The lowest BCUT2D eigenvalue weighted by molar-refractivity contribution is 0.608. The first-order chi connectivity index (χ1) is 9.61. The van der Waals surface area contributed by atoms with Crippen molar-refractivity contribution in [3.63, 3.8) is 0 Å². The highest BCUT2D eigenvalue weighted by atomic mass is 32.2. The van der Waals surface area contributed by atoms with Crippen LogP contribution in [0.5, 0.6) is 0 Å². The molecule has 1 N–H and O–H groups in total. The molecule has 0 amide bonds. The number of thioether (sulfide) groups is 1. The van der Waals surface area contributed by atoms with E-state index < -0.39 is 0 Å². The smallest absolute Gasteiger partial charge is 0.263 e. The molecule has 1 aliphatic rings. The molecule has 1 aliphatic carbocycles. The van der Waals surface area contributed by atoms with Gasteiger partial charge in [-0.1, -0.05) is 6.92 Å². The van der Waals surface area contributed by atoms with Gasteiger partial charge in [0.05, 0.1) is 5.39 Å². The molecule has 20 heavy (non-hydrogen) atoms. The maximum atomic E-state index is 12.7. The molecule has 2 heterocycles. The van der Waals surface area contributed by atoms with Crippen molar-refractivity contribution < 1.29 is 0 Å². The second-order valence-electron chi connectivity index (χ2n) is 5.28. The number of aromatic nitrogens is 2. The molecule has 2 aromatic rings. The van der Waals surface area contributed by atoms with E-state index in [2.05, 4.69) is 18.2 Å².